The number of carbonyl (C=O) groups is 1. The van der Waals surface area contributed by atoms with Crippen molar-refractivity contribution in [2.75, 3.05) is 6.54 Å². The van der Waals surface area contributed by atoms with Gasteiger partial charge in [-0.3, -0.25) is 4.79 Å². The van der Waals surface area contributed by atoms with Crippen molar-refractivity contribution in [2.45, 2.75) is 26.9 Å². The van der Waals surface area contributed by atoms with Crippen LogP contribution in [0.3, 0.4) is 0 Å². The van der Waals surface area contributed by atoms with Crippen LogP contribution in [0.25, 0.3) is 6.08 Å². The van der Waals surface area contributed by atoms with Gasteiger partial charge in [0.05, 0.1) is 0 Å². The van der Waals surface area contributed by atoms with E-state index in [2.05, 4.69) is 5.32 Å². The van der Waals surface area contributed by atoms with Gasteiger partial charge in [0.15, 0.2) is 6.10 Å². The third kappa shape index (κ3) is 3.94. The van der Waals surface area contributed by atoms with Crippen molar-refractivity contribution < 1.29 is 9.53 Å². The number of nitrogens with one attached hydrogen (secondary N) is 1. The second kappa shape index (κ2) is 6.74. The van der Waals surface area contributed by atoms with E-state index in [-0.39, 0.29) is 5.91 Å². The molecule has 1 aromatic rings. The van der Waals surface area contributed by atoms with E-state index in [9.17, 15) is 4.79 Å². The Hall–Kier alpha value is -1.77. The second-order valence-corrected chi connectivity index (χ2v) is 3.69. The summed E-state index contributed by atoms with van der Waals surface area (Å²) in [5.74, 6) is 0.632. The molecule has 1 N–H and O–H groups in total. The molecule has 0 heterocycles. The average Bonchev–Trinajstić information content (AvgIpc) is 2.32. The highest BCUT2D eigenvalue weighted by Gasteiger charge is 2.14. The molecule has 1 atom stereocenters. The van der Waals surface area contributed by atoms with Gasteiger partial charge >= 0.3 is 0 Å². The van der Waals surface area contributed by atoms with Crippen molar-refractivity contribution in [1.82, 2.24) is 5.32 Å². The highest BCUT2D eigenvalue weighted by molar-refractivity contribution is 5.80. The summed E-state index contributed by atoms with van der Waals surface area (Å²) in [6, 6.07) is 7.66. The first-order chi connectivity index (χ1) is 8.19. The Morgan fingerprint density at radius 2 is 2.18 bits per heavy atom. The fourth-order valence-electron chi connectivity index (χ4n) is 1.47. The zero-order valence-corrected chi connectivity index (χ0v) is 10.6. The van der Waals surface area contributed by atoms with Crippen LogP contribution in [-0.4, -0.2) is 18.6 Å². The number of carbonyl (C=O) groups excluding carboxylic acids is 1. The Morgan fingerprint density at radius 3 is 2.82 bits per heavy atom. The molecule has 0 radical (unpaired) electrons. The minimum absolute atomic E-state index is 0.0946. The molecule has 0 aromatic heterocycles. The number of hydrogen-bond donors (Lipinski definition) is 1. The minimum Gasteiger partial charge on any atom is -0.480 e. The van der Waals surface area contributed by atoms with E-state index >= 15 is 0 Å². The number of benzene rings is 1. The quantitative estimate of drug-likeness (QED) is 0.849. The molecule has 17 heavy (non-hydrogen) atoms. The summed E-state index contributed by atoms with van der Waals surface area (Å²) in [5.41, 5.74) is 0.978. The van der Waals surface area contributed by atoms with Crippen molar-refractivity contribution in [3.8, 4) is 5.75 Å². The smallest absolute Gasteiger partial charge is 0.260 e. The topological polar surface area (TPSA) is 38.3 Å². The molecule has 0 spiro atoms. The molecule has 0 saturated carbocycles. The zero-order valence-electron chi connectivity index (χ0n) is 10.6. The second-order valence-electron chi connectivity index (χ2n) is 3.69. The number of rotatable bonds is 5. The Morgan fingerprint density at radius 1 is 1.47 bits per heavy atom. The van der Waals surface area contributed by atoms with E-state index in [1.54, 1.807) is 6.92 Å². The van der Waals surface area contributed by atoms with Crippen LogP contribution in [0.1, 0.15) is 26.3 Å². The first-order valence-corrected chi connectivity index (χ1v) is 5.85. The van der Waals surface area contributed by atoms with E-state index < -0.39 is 6.10 Å². The summed E-state index contributed by atoms with van der Waals surface area (Å²) in [5, 5.41) is 2.74. The van der Waals surface area contributed by atoms with Crippen LogP contribution >= 0.6 is 0 Å². The van der Waals surface area contributed by atoms with Crippen LogP contribution in [0.4, 0.5) is 0 Å². The first-order valence-electron chi connectivity index (χ1n) is 5.85. The molecule has 3 heteroatoms. The van der Waals surface area contributed by atoms with Gasteiger partial charge in [-0.1, -0.05) is 30.4 Å². The lowest BCUT2D eigenvalue weighted by molar-refractivity contribution is -0.127. The summed E-state index contributed by atoms with van der Waals surface area (Å²) < 4.78 is 5.65. The van der Waals surface area contributed by atoms with E-state index in [1.807, 2.05) is 50.3 Å². The van der Waals surface area contributed by atoms with Crippen molar-refractivity contribution in [2.24, 2.45) is 0 Å². The van der Waals surface area contributed by atoms with Gasteiger partial charge in [0.1, 0.15) is 5.75 Å². The normalized spacial score (nSPS) is 12.4. The highest BCUT2D eigenvalue weighted by Crippen LogP contribution is 2.20. The van der Waals surface area contributed by atoms with Crippen molar-refractivity contribution in [3.05, 3.63) is 35.9 Å². The Balaban J connectivity index is 2.77. The Bertz CT molecular complexity index is 399. The third-order valence-corrected chi connectivity index (χ3v) is 2.29. The standard InChI is InChI=1S/C14H19NO2/c1-4-8-12-9-6-7-10-13(12)17-11(3)14(16)15-5-2/h4,6-11H,5H2,1-3H3,(H,15,16). The molecule has 0 aliphatic rings. The lowest BCUT2D eigenvalue weighted by atomic mass is 10.2. The maximum absolute atomic E-state index is 11.6. The van der Waals surface area contributed by atoms with Crippen LogP contribution in [0.15, 0.2) is 30.3 Å². The molecule has 0 aliphatic carbocycles. The van der Waals surface area contributed by atoms with Gasteiger partial charge in [0.2, 0.25) is 0 Å². The predicted molar refractivity (Wildman–Crippen MR) is 69.9 cm³/mol. The Kier molecular flexibility index (Phi) is 5.27. The maximum Gasteiger partial charge on any atom is 0.260 e. The minimum atomic E-state index is -0.485. The molecule has 1 rings (SSSR count). The molecular formula is C14H19NO2. The number of hydrogen-bond acceptors (Lipinski definition) is 2. The van der Waals surface area contributed by atoms with E-state index in [0.717, 1.165) is 11.3 Å². The average molecular weight is 233 g/mol. The number of likely N-dealkylation sites (N-methyl/N-ethyl adjacent to an activating group) is 1. The molecule has 0 fully saturated rings. The van der Waals surface area contributed by atoms with Gasteiger partial charge in [-0.05, 0) is 26.8 Å². The number of allylic oxidation sites excluding steroid dienone is 1. The summed E-state index contributed by atoms with van der Waals surface area (Å²) in [7, 11) is 0. The molecule has 3 nitrogen and oxygen atoms in total. The molecule has 1 aromatic carbocycles. The van der Waals surface area contributed by atoms with Crippen molar-refractivity contribution in [1.29, 1.82) is 0 Å². The third-order valence-electron chi connectivity index (χ3n) is 2.29. The SMILES string of the molecule is CC=Cc1ccccc1OC(C)C(=O)NCC. The van der Waals surface area contributed by atoms with E-state index in [1.165, 1.54) is 0 Å². The number of para-hydroxylation sites is 1. The van der Waals surface area contributed by atoms with E-state index in [4.69, 9.17) is 4.74 Å². The summed E-state index contributed by atoms with van der Waals surface area (Å²) in [6.07, 6.45) is 3.42. The molecule has 92 valence electrons. The van der Waals surface area contributed by atoms with Gasteiger partial charge in [0.25, 0.3) is 5.91 Å². The zero-order chi connectivity index (χ0) is 12.7. The maximum atomic E-state index is 11.6. The molecule has 0 saturated heterocycles. The molecule has 1 amide bonds. The van der Waals surface area contributed by atoms with Crippen molar-refractivity contribution in [3.63, 3.8) is 0 Å². The van der Waals surface area contributed by atoms with Gasteiger partial charge in [-0.2, -0.15) is 0 Å². The van der Waals surface area contributed by atoms with Gasteiger partial charge in [-0.15, -0.1) is 0 Å². The molecular weight excluding hydrogens is 214 g/mol. The summed E-state index contributed by atoms with van der Waals surface area (Å²) >= 11 is 0. The lowest BCUT2D eigenvalue weighted by Gasteiger charge is -2.15. The summed E-state index contributed by atoms with van der Waals surface area (Å²) in [6.45, 7) is 6.20. The molecule has 0 bridgehead atoms. The highest BCUT2D eigenvalue weighted by atomic mass is 16.5. The first kappa shape index (κ1) is 13.3. The van der Waals surface area contributed by atoms with Crippen LogP contribution in [-0.2, 0) is 4.79 Å². The van der Waals surface area contributed by atoms with Crippen LogP contribution < -0.4 is 10.1 Å². The fraction of sp³-hybridized carbons (Fsp3) is 0.357. The monoisotopic (exact) mass is 233 g/mol. The number of ether oxygens (including phenoxy) is 1. The fourth-order valence-corrected chi connectivity index (χ4v) is 1.47. The lowest BCUT2D eigenvalue weighted by Crippen LogP contribution is -2.36. The van der Waals surface area contributed by atoms with Gasteiger partial charge in [-0.25, -0.2) is 0 Å². The van der Waals surface area contributed by atoms with Gasteiger partial charge < -0.3 is 10.1 Å². The number of amides is 1. The van der Waals surface area contributed by atoms with Crippen molar-refractivity contribution >= 4 is 12.0 Å². The Labute approximate surface area is 102 Å². The van der Waals surface area contributed by atoms with E-state index in [0.29, 0.717) is 6.54 Å². The molecule has 0 aliphatic heterocycles. The van der Waals surface area contributed by atoms with Gasteiger partial charge in [0, 0.05) is 12.1 Å². The predicted octanol–water partition coefficient (Wildman–Crippen LogP) is 2.62. The largest absolute Gasteiger partial charge is 0.480 e. The van der Waals surface area contributed by atoms with Crippen LogP contribution in [0.5, 0.6) is 5.75 Å². The van der Waals surface area contributed by atoms with Crippen LogP contribution in [0.2, 0.25) is 0 Å². The molecule has 1 unspecified atom stereocenters. The summed E-state index contributed by atoms with van der Waals surface area (Å²) in [4.78, 5) is 11.6. The van der Waals surface area contributed by atoms with Crippen LogP contribution in [0, 0.1) is 0 Å².